The smallest absolute Gasteiger partial charge is 0.206 e. The third kappa shape index (κ3) is 2.89. The molecular weight excluding hydrogens is 254 g/mol. The van der Waals surface area contributed by atoms with Gasteiger partial charge in [0.15, 0.2) is 0 Å². The molecular formula is C12H19NO2S2. The molecule has 1 fully saturated rings. The van der Waals surface area contributed by atoms with Gasteiger partial charge in [0.1, 0.15) is 4.21 Å². The minimum atomic E-state index is -3.22. The first-order valence-corrected chi connectivity index (χ1v) is 8.49. The van der Waals surface area contributed by atoms with Crippen LogP contribution in [0.2, 0.25) is 0 Å². The molecule has 2 rings (SSSR count). The summed E-state index contributed by atoms with van der Waals surface area (Å²) in [4.78, 5) is 1.14. The summed E-state index contributed by atoms with van der Waals surface area (Å²) in [6, 6.07) is 3.68. The van der Waals surface area contributed by atoms with Crippen LogP contribution in [0.1, 0.15) is 37.5 Å². The normalized spacial score (nSPS) is 19.1. The predicted molar refractivity (Wildman–Crippen MR) is 70.9 cm³/mol. The maximum atomic E-state index is 12.4. The van der Waals surface area contributed by atoms with Crippen molar-refractivity contribution in [2.75, 3.05) is 13.1 Å². The van der Waals surface area contributed by atoms with Gasteiger partial charge in [0.25, 0.3) is 10.0 Å². The summed E-state index contributed by atoms with van der Waals surface area (Å²) in [6.45, 7) is 3.41. The maximum absolute atomic E-state index is 12.4. The fraction of sp³-hybridized carbons (Fsp3) is 0.667. The van der Waals surface area contributed by atoms with E-state index in [1.807, 2.05) is 13.0 Å². The van der Waals surface area contributed by atoms with Crippen molar-refractivity contribution in [1.29, 1.82) is 0 Å². The SMILES string of the molecule is CCc1ccc(S(=O)(=O)N2CCCCCC2)s1. The molecule has 0 aromatic carbocycles. The van der Waals surface area contributed by atoms with E-state index in [2.05, 4.69) is 0 Å². The second kappa shape index (κ2) is 5.50. The van der Waals surface area contributed by atoms with Crippen molar-refractivity contribution in [2.24, 2.45) is 0 Å². The average molecular weight is 273 g/mol. The first-order valence-electron chi connectivity index (χ1n) is 6.23. The van der Waals surface area contributed by atoms with E-state index >= 15 is 0 Å². The Kier molecular flexibility index (Phi) is 4.22. The fourth-order valence-corrected chi connectivity index (χ4v) is 5.06. The Morgan fingerprint density at radius 3 is 2.35 bits per heavy atom. The van der Waals surface area contributed by atoms with Gasteiger partial charge in [-0.05, 0) is 31.4 Å². The van der Waals surface area contributed by atoms with Gasteiger partial charge in [-0.25, -0.2) is 8.42 Å². The summed E-state index contributed by atoms with van der Waals surface area (Å²) < 4.78 is 27.0. The number of nitrogens with zero attached hydrogens (tertiary/aromatic N) is 1. The number of sulfonamides is 1. The second-order valence-electron chi connectivity index (χ2n) is 4.39. The van der Waals surface area contributed by atoms with Gasteiger partial charge in [-0.1, -0.05) is 19.8 Å². The van der Waals surface area contributed by atoms with Crippen molar-refractivity contribution in [1.82, 2.24) is 4.31 Å². The lowest BCUT2D eigenvalue weighted by Crippen LogP contribution is -2.31. The lowest BCUT2D eigenvalue weighted by Gasteiger charge is -2.18. The van der Waals surface area contributed by atoms with Gasteiger partial charge in [0.2, 0.25) is 0 Å². The molecule has 1 aliphatic heterocycles. The maximum Gasteiger partial charge on any atom is 0.252 e. The van der Waals surface area contributed by atoms with Crippen LogP contribution < -0.4 is 0 Å². The van der Waals surface area contributed by atoms with Crippen LogP contribution in [-0.4, -0.2) is 25.8 Å². The van der Waals surface area contributed by atoms with Crippen molar-refractivity contribution in [3.63, 3.8) is 0 Å². The third-order valence-electron chi connectivity index (χ3n) is 3.14. The highest BCUT2D eigenvalue weighted by molar-refractivity contribution is 7.91. The summed E-state index contributed by atoms with van der Waals surface area (Å²) in [5.41, 5.74) is 0. The first-order chi connectivity index (χ1) is 8.14. The van der Waals surface area contributed by atoms with E-state index in [0.717, 1.165) is 37.0 Å². The lowest BCUT2D eigenvalue weighted by atomic mass is 10.2. The zero-order valence-electron chi connectivity index (χ0n) is 10.2. The minimum Gasteiger partial charge on any atom is -0.206 e. The molecule has 0 aliphatic carbocycles. The summed E-state index contributed by atoms with van der Waals surface area (Å²) in [5.74, 6) is 0. The highest BCUT2D eigenvalue weighted by Crippen LogP contribution is 2.26. The third-order valence-corrected chi connectivity index (χ3v) is 6.74. The molecule has 5 heteroatoms. The Bertz CT molecular complexity index is 457. The molecule has 0 unspecified atom stereocenters. The summed E-state index contributed by atoms with van der Waals surface area (Å²) in [5, 5.41) is 0. The van der Waals surface area contributed by atoms with E-state index < -0.39 is 10.0 Å². The average Bonchev–Trinajstić information content (AvgIpc) is 2.64. The minimum absolute atomic E-state index is 0.510. The molecule has 96 valence electrons. The zero-order valence-corrected chi connectivity index (χ0v) is 11.8. The van der Waals surface area contributed by atoms with E-state index in [1.54, 1.807) is 10.4 Å². The number of rotatable bonds is 3. The molecule has 1 aromatic rings. The van der Waals surface area contributed by atoms with Crippen LogP contribution in [0.5, 0.6) is 0 Å². The summed E-state index contributed by atoms with van der Waals surface area (Å²) in [6.07, 6.45) is 5.18. The number of hydrogen-bond acceptors (Lipinski definition) is 3. The summed E-state index contributed by atoms with van der Waals surface area (Å²) in [7, 11) is -3.22. The quantitative estimate of drug-likeness (QED) is 0.849. The number of hydrogen-bond donors (Lipinski definition) is 0. The van der Waals surface area contributed by atoms with Crippen LogP contribution in [0.3, 0.4) is 0 Å². The molecule has 0 spiro atoms. The highest BCUT2D eigenvalue weighted by atomic mass is 32.2. The Balaban J connectivity index is 2.22. The Hall–Kier alpha value is -0.390. The molecule has 1 aromatic heterocycles. The monoisotopic (exact) mass is 273 g/mol. The highest BCUT2D eigenvalue weighted by Gasteiger charge is 2.26. The van der Waals surface area contributed by atoms with Crippen molar-refractivity contribution in [2.45, 2.75) is 43.2 Å². The van der Waals surface area contributed by atoms with Gasteiger partial charge in [0, 0.05) is 18.0 Å². The van der Waals surface area contributed by atoms with Crippen LogP contribution in [-0.2, 0) is 16.4 Å². The Morgan fingerprint density at radius 1 is 1.18 bits per heavy atom. The van der Waals surface area contributed by atoms with Gasteiger partial charge in [-0.3, -0.25) is 0 Å². The zero-order chi connectivity index (χ0) is 12.3. The molecule has 0 saturated carbocycles. The Labute approximate surface area is 108 Å². The van der Waals surface area contributed by atoms with E-state index in [9.17, 15) is 8.42 Å². The molecule has 0 N–H and O–H groups in total. The van der Waals surface area contributed by atoms with Crippen LogP contribution in [0.25, 0.3) is 0 Å². The van der Waals surface area contributed by atoms with Crippen molar-refractivity contribution < 1.29 is 8.42 Å². The van der Waals surface area contributed by atoms with Gasteiger partial charge in [0.05, 0.1) is 0 Å². The molecule has 0 bridgehead atoms. The topological polar surface area (TPSA) is 37.4 Å². The van der Waals surface area contributed by atoms with Gasteiger partial charge >= 0.3 is 0 Å². The van der Waals surface area contributed by atoms with E-state index in [1.165, 1.54) is 11.3 Å². The van der Waals surface area contributed by atoms with Crippen LogP contribution in [0.15, 0.2) is 16.3 Å². The fourth-order valence-electron chi connectivity index (χ4n) is 2.10. The van der Waals surface area contributed by atoms with E-state index in [4.69, 9.17) is 0 Å². The Morgan fingerprint density at radius 2 is 1.82 bits per heavy atom. The standard InChI is InChI=1S/C12H19NO2S2/c1-2-11-7-8-12(16-11)17(14,15)13-9-5-3-4-6-10-13/h7-8H,2-6,9-10H2,1H3. The van der Waals surface area contributed by atoms with Crippen molar-refractivity contribution in [3.05, 3.63) is 17.0 Å². The van der Waals surface area contributed by atoms with E-state index in [0.29, 0.717) is 17.3 Å². The first kappa shape index (κ1) is 13.1. The van der Waals surface area contributed by atoms with Crippen molar-refractivity contribution >= 4 is 21.4 Å². The molecule has 0 radical (unpaired) electrons. The number of thiophene rings is 1. The number of aryl methyl sites for hydroxylation is 1. The van der Waals surface area contributed by atoms with Crippen molar-refractivity contribution in [3.8, 4) is 0 Å². The van der Waals surface area contributed by atoms with Crippen LogP contribution in [0, 0.1) is 0 Å². The predicted octanol–water partition coefficient (Wildman–Crippen LogP) is 2.88. The molecule has 0 amide bonds. The molecule has 1 saturated heterocycles. The molecule has 17 heavy (non-hydrogen) atoms. The summed E-state index contributed by atoms with van der Waals surface area (Å²) >= 11 is 1.41. The molecule has 2 heterocycles. The second-order valence-corrected chi connectivity index (χ2v) is 7.73. The van der Waals surface area contributed by atoms with E-state index in [-0.39, 0.29) is 0 Å². The van der Waals surface area contributed by atoms with Gasteiger partial charge in [-0.2, -0.15) is 4.31 Å². The molecule has 0 atom stereocenters. The van der Waals surface area contributed by atoms with Crippen LogP contribution >= 0.6 is 11.3 Å². The van der Waals surface area contributed by atoms with Gasteiger partial charge in [-0.15, -0.1) is 11.3 Å². The molecule has 1 aliphatic rings. The van der Waals surface area contributed by atoms with Gasteiger partial charge < -0.3 is 0 Å². The lowest BCUT2D eigenvalue weighted by molar-refractivity contribution is 0.425. The molecule has 3 nitrogen and oxygen atoms in total. The van der Waals surface area contributed by atoms with Crippen LogP contribution in [0.4, 0.5) is 0 Å². The largest absolute Gasteiger partial charge is 0.252 e.